The molecule has 0 bridgehead atoms. The van der Waals surface area contributed by atoms with Crippen LogP contribution in [0.25, 0.3) is 0 Å². The van der Waals surface area contributed by atoms with Crippen molar-refractivity contribution in [1.82, 2.24) is 9.88 Å². The van der Waals surface area contributed by atoms with Crippen molar-refractivity contribution in [3.05, 3.63) is 24.0 Å². The van der Waals surface area contributed by atoms with E-state index in [-0.39, 0.29) is 6.09 Å². The summed E-state index contributed by atoms with van der Waals surface area (Å²) in [6.45, 7) is 8.92. The Morgan fingerprint density at radius 1 is 1.25 bits per heavy atom. The van der Waals surface area contributed by atoms with Crippen molar-refractivity contribution >= 4 is 11.8 Å². The molecule has 0 unspecified atom stereocenters. The lowest BCUT2D eigenvalue weighted by atomic mass is 10.2. The van der Waals surface area contributed by atoms with E-state index in [0.29, 0.717) is 6.54 Å². The molecular formula is C15H25N3O2. The molecule has 0 aliphatic heterocycles. The summed E-state index contributed by atoms with van der Waals surface area (Å²) in [7, 11) is 3.73. The summed E-state index contributed by atoms with van der Waals surface area (Å²) in [6.07, 6.45) is 3.35. The van der Waals surface area contributed by atoms with Gasteiger partial charge in [-0.05, 0) is 39.3 Å². The van der Waals surface area contributed by atoms with Crippen molar-refractivity contribution in [1.29, 1.82) is 0 Å². The molecule has 5 heteroatoms. The fourth-order valence-corrected chi connectivity index (χ4v) is 1.61. The maximum atomic E-state index is 11.8. The van der Waals surface area contributed by atoms with Crippen molar-refractivity contribution in [2.75, 3.05) is 32.1 Å². The van der Waals surface area contributed by atoms with Crippen molar-refractivity contribution in [3.8, 4) is 0 Å². The Balaban J connectivity index is 2.48. The Bertz CT molecular complexity index is 455. The van der Waals surface area contributed by atoms with Gasteiger partial charge in [-0.25, -0.2) is 4.79 Å². The van der Waals surface area contributed by atoms with E-state index in [1.54, 1.807) is 11.9 Å². The normalized spacial score (nSPS) is 11.1. The highest BCUT2D eigenvalue weighted by Crippen LogP contribution is 2.13. The summed E-state index contributed by atoms with van der Waals surface area (Å²) in [5.41, 5.74) is 1.70. The second-order valence-electron chi connectivity index (χ2n) is 6.04. The number of nitrogens with zero attached hydrogens (tertiary/aromatic N) is 3. The van der Waals surface area contributed by atoms with Gasteiger partial charge in [-0.3, -0.25) is 4.98 Å². The molecule has 0 spiro atoms. The standard InChI is InChI=1S/C15H25N3O2/c1-12-9-13(11-16-10-12)17(5)7-8-18(6)14(19)20-15(2,3)4/h9-11H,7-8H2,1-6H3. The number of rotatable bonds is 4. The third kappa shape index (κ3) is 5.47. The zero-order valence-corrected chi connectivity index (χ0v) is 13.3. The first-order valence-electron chi connectivity index (χ1n) is 6.76. The summed E-state index contributed by atoms with van der Waals surface area (Å²) >= 11 is 0. The minimum absolute atomic E-state index is 0.298. The Morgan fingerprint density at radius 2 is 1.90 bits per heavy atom. The molecule has 0 saturated heterocycles. The number of aromatic nitrogens is 1. The van der Waals surface area contributed by atoms with Crippen LogP contribution in [-0.2, 0) is 4.74 Å². The van der Waals surface area contributed by atoms with Gasteiger partial charge in [0.05, 0.1) is 11.9 Å². The van der Waals surface area contributed by atoms with Crippen molar-refractivity contribution in [2.24, 2.45) is 0 Å². The molecule has 1 aromatic rings. The molecule has 0 atom stereocenters. The molecule has 0 N–H and O–H groups in total. The fourth-order valence-electron chi connectivity index (χ4n) is 1.61. The van der Waals surface area contributed by atoms with Crippen molar-refractivity contribution < 1.29 is 9.53 Å². The minimum atomic E-state index is -0.461. The summed E-state index contributed by atoms with van der Waals surface area (Å²) in [5, 5.41) is 0. The second-order valence-corrected chi connectivity index (χ2v) is 6.04. The summed E-state index contributed by atoms with van der Waals surface area (Å²) < 4.78 is 5.31. The number of amides is 1. The lowest BCUT2D eigenvalue weighted by Gasteiger charge is -2.27. The summed E-state index contributed by atoms with van der Waals surface area (Å²) in [5.74, 6) is 0. The van der Waals surface area contributed by atoms with Crippen LogP contribution < -0.4 is 4.90 Å². The maximum Gasteiger partial charge on any atom is 0.410 e. The molecular weight excluding hydrogens is 254 g/mol. The van der Waals surface area contributed by atoms with Gasteiger partial charge in [-0.15, -0.1) is 0 Å². The van der Waals surface area contributed by atoms with E-state index in [4.69, 9.17) is 4.74 Å². The van der Waals surface area contributed by atoms with Gasteiger partial charge in [0.1, 0.15) is 5.60 Å². The third-order valence-corrected chi connectivity index (χ3v) is 2.78. The molecule has 0 fully saturated rings. The first kappa shape index (κ1) is 16.3. The highest BCUT2D eigenvalue weighted by atomic mass is 16.6. The molecule has 20 heavy (non-hydrogen) atoms. The topological polar surface area (TPSA) is 45.7 Å². The monoisotopic (exact) mass is 279 g/mol. The number of carbonyl (C=O) groups is 1. The lowest BCUT2D eigenvalue weighted by molar-refractivity contribution is 0.0303. The van der Waals surface area contributed by atoms with Crippen LogP contribution in [0, 0.1) is 6.92 Å². The maximum absolute atomic E-state index is 11.8. The minimum Gasteiger partial charge on any atom is -0.444 e. The van der Waals surface area contributed by atoms with Gasteiger partial charge < -0.3 is 14.5 Å². The molecule has 5 nitrogen and oxygen atoms in total. The Morgan fingerprint density at radius 3 is 2.45 bits per heavy atom. The molecule has 0 aromatic carbocycles. The van der Waals surface area contributed by atoms with Gasteiger partial charge in [0, 0.05) is 33.4 Å². The average Bonchev–Trinajstić information content (AvgIpc) is 2.33. The number of pyridine rings is 1. The van der Waals surface area contributed by atoms with E-state index >= 15 is 0 Å². The van der Waals surface area contributed by atoms with Gasteiger partial charge in [0.15, 0.2) is 0 Å². The molecule has 1 aromatic heterocycles. The SMILES string of the molecule is Cc1cncc(N(C)CCN(C)C(=O)OC(C)(C)C)c1. The quantitative estimate of drug-likeness (QED) is 0.850. The van der Waals surface area contributed by atoms with Crippen LogP contribution in [0.3, 0.4) is 0 Å². The van der Waals surface area contributed by atoms with Crippen molar-refractivity contribution in [2.45, 2.75) is 33.3 Å². The van der Waals surface area contributed by atoms with E-state index in [9.17, 15) is 4.79 Å². The van der Waals surface area contributed by atoms with Crippen LogP contribution in [0.4, 0.5) is 10.5 Å². The molecule has 112 valence electrons. The van der Waals surface area contributed by atoms with Gasteiger partial charge in [-0.2, -0.15) is 0 Å². The molecule has 0 saturated carbocycles. The molecule has 0 radical (unpaired) electrons. The predicted octanol–water partition coefficient (Wildman–Crippen LogP) is 2.69. The number of anilines is 1. The van der Waals surface area contributed by atoms with Crippen LogP contribution in [0.2, 0.25) is 0 Å². The van der Waals surface area contributed by atoms with Crippen LogP contribution in [-0.4, -0.2) is 48.8 Å². The first-order valence-corrected chi connectivity index (χ1v) is 6.76. The highest BCUT2D eigenvalue weighted by molar-refractivity contribution is 5.67. The summed E-state index contributed by atoms with van der Waals surface area (Å²) in [4.78, 5) is 19.7. The van der Waals surface area contributed by atoms with Crippen LogP contribution in [0.1, 0.15) is 26.3 Å². The number of hydrogen-bond acceptors (Lipinski definition) is 4. The van der Waals surface area contributed by atoms with Gasteiger partial charge in [0.2, 0.25) is 0 Å². The fraction of sp³-hybridized carbons (Fsp3) is 0.600. The third-order valence-electron chi connectivity index (χ3n) is 2.78. The summed E-state index contributed by atoms with van der Waals surface area (Å²) in [6, 6.07) is 2.07. The van der Waals surface area contributed by atoms with E-state index in [1.165, 1.54) is 0 Å². The van der Waals surface area contributed by atoms with Crippen LogP contribution >= 0.6 is 0 Å². The zero-order valence-electron chi connectivity index (χ0n) is 13.3. The molecule has 1 heterocycles. The van der Waals surface area contributed by atoms with Gasteiger partial charge in [0.25, 0.3) is 0 Å². The largest absolute Gasteiger partial charge is 0.444 e. The second kappa shape index (κ2) is 6.59. The Kier molecular flexibility index (Phi) is 5.36. The van der Waals surface area contributed by atoms with Crippen molar-refractivity contribution in [3.63, 3.8) is 0 Å². The Hall–Kier alpha value is -1.78. The molecule has 1 rings (SSSR count). The lowest BCUT2D eigenvalue weighted by Crippen LogP contribution is -2.38. The number of carbonyl (C=O) groups excluding carboxylic acids is 1. The Labute approximate surface area is 121 Å². The van der Waals surface area contributed by atoms with E-state index in [1.807, 2.05) is 47.1 Å². The molecule has 0 aliphatic carbocycles. The predicted molar refractivity (Wildman–Crippen MR) is 81.1 cm³/mol. The number of likely N-dealkylation sites (N-methyl/N-ethyl adjacent to an activating group) is 2. The first-order chi connectivity index (χ1) is 9.19. The number of ether oxygens (including phenoxy) is 1. The van der Waals surface area contributed by atoms with E-state index in [0.717, 1.165) is 17.8 Å². The smallest absolute Gasteiger partial charge is 0.410 e. The van der Waals surface area contributed by atoms with Crippen LogP contribution in [0.15, 0.2) is 18.5 Å². The number of hydrogen-bond donors (Lipinski definition) is 0. The zero-order chi connectivity index (χ0) is 15.3. The number of aryl methyl sites for hydroxylation is 1. The van der Waals surface area contributed by atoms with Crippen LogP contribution in [0.5, 0.6) is 0 Å². The van der Waals surface area contributed by atoms with Gasteiger partial charge >= 0.3 is 6.09 Å². The molecule has 1 amide bonds. The average molecular weight is 279 g/mol. The van der Waals surface area contributed by atoms with Gasteiger partial charge in [-0.1, -0.05) is 0 Å². The highest BCUT2D eigenvalue weighted by Gasteiger charge is 2.19. The van der Waals surface area contributed by atoms with E-state index < -0.39 is 5.60 Å². The molecule has 0 aliphatic rings. The van der Waals surface area contributed by atoms with E-state index in [2.05, 4.69) is 16.0 Å².